The number of benzene rings is 2. The second kappa shape index (κ2) is 6.19. The first-order valence-electron chi connectivity index (χ1n) is 7.76. The summed E-state index contributed by atoms with van der Waals surface area (Å²) >= 11 is 3.77. The molecule has 2 aromatic carbocycles. The van der Waals surface area contributed by atoms with Crippen molar-refractivity contribution < 1.29 is 0 Å². The van der Waals surface area contributed by atoms with Crippen LogP contribution in [0.1, 0.15) is 53.5 Å². The highest BCUT2D eigenvalue weighted by atomic mass is 79.9. The Labute approximate surface area is 136 Å². The van der Waals surface area contributed by atoms with Crippen molar-refractivity contribution >= 4 is 22.0 Å². The molecule has 108 valence electrons. The van der Waals surface area contributed by atoms with Crippen molar-refractivity contribution in [1.29, 1.82) is 0 Å². The minimum absolute atomic E-state index is 0.392. The minimum Gasteiger partial charge on any atom is -0.0720 e. The topological polar surface area (TPSA) is 0 Å². The summed E-state index contributed by atoms with van der Waals surface area (Å²) < 4.78 is 1.23. The maximum atomic E-state index is 3.77. The molecular formula is C20H21Br. The predicted molar refractivity (Wildman–Crippen MR) is 94.8 cm³/mol. The van der Waals surface area contributed by atoms with Gasteiger partial charge < -0.3 is 0 Å². The van der Waals surface area contributed by atoms with Crippen LogP contribution in [-0.2, 0) is 6.42 Å². The normalized spacial score (nSPS) is 16.2. The van der Waals surface area contributed by atoms with Gasteiger partial charge in [-0.3, -0.25) is 0 Å². The van der Waals surface area contributed by atoms with Gasteiger partial charge in [0.1, 0.15) is 0 Å². The van der Waals surface area contributed by atoms with E-state index >= 15 is 0 Å². The zero-order valence-electron chi connectivity index (χ0n) is 12.7. The van der Waals surface area contributed by atoms with Crippen LogP contribution in [0.15, 0.2) is 46.9 Å². The molecule has 0 aromatic heterocycles. The standard InChI is InChI=1S/C20H21Br/c1-3-4-7-15-8-5-6-9-17(15)18-11-10-16-12-14(2)13-19(21)20(16)18/h5-6,8-13,18H,3-4,7H2,1-2H3. The Bertz CT molecular complexity index is 682. The first-order valence-corrected chi connectivity index (χ1v) is 8.56. The Morgan fingerprint density at radius 3 is 2.76 bits per heavy atom. The van der Waals surface area contributed by atoms with Gasteiger partial charge in [0.25, 0.3) is 0 Å². The van der Waals surface area contributed by atoms with Crippen LogP contribution in [0.3, 0.4) is 0 Å². The average Bonchev–Trinajstić information content (AvgIpc) is 2.89. The summed E-state index contributed by atoms with van der Waals surface area (Å²) in [6.45, 7) is 4.41. The van der Waals surface area contributed by atoms with Gasteiger partial charge in [0, 0.05) is 10.4 Å². The molecule has 0 aliphatic heterocycles. The molecule has 0 N–H and O–H groups in total. The lowest BCUT2D eigenvalue weighted by Crippen LogP contribution is -2.02. The first kappa shape index (κ1) is 14.6. The van der Waals surface area contributed by atoms with Gasteiger partial charge in [-0.2, -0.15) is 0 Å². The van der Waals surface area contributed by atoms with Crippen LogP contribution in [-0.4, -0.2) is 0 Å². The van der Waals surface area contributed by atoms with Crippen LogP contribution >= 0.6 is 15.9 Å². The van der Waals surface area contributed by atoms with Gasteiger partial charge in [-0.1, -0.05) is 71.8 Å². The third kappa shape index (κ3) is 2.85. The number of hydrogen-bond donors (Lipinski definition) is 0. The van der Waals surface area contributed by atoms with Gasteiger partial charge in [-0.25, -0.2) is 0 Å². The molecule has 21 heavy (non-hydrogen) atoms. The molecule has 0 fully saturated rings. The molecule has 0 spiro atoms. The molecule has 1 unspecified atom stereocenters. The van der Waals surface area contributed by atoms with Crippen molar-refractivity contribution in [3.8, 4) is 0 Å². The molecule has 0 radical (unpaired) electrons. The summed E-state index contributed by atoms with van der Waals surface area (Å²) in [4.78, 5) is 0. The maximum absolute atomic E-state index is 3.77. The van der Waals surface area contributed by atoms with E-state index in [0.717, 1.165) is 0 Å². The number of fused-ring (bicyclic) bond motifs is 1. The summed E-state index contributed by atoms with van der Waals surface area (Å²) in [5.74, 6) is 0.392. The zero-order chi connectivity index (χ0) is 14.8. The predicted octanol–water partition coefficient (Wildman–Crippen LogP) is 6.26. The van der Waals surface area contributed by atoms with Gasteiger partial charge in [-0.05, 0) is 53.6 Å². The highest BCUT2D eigenvalue weighted by Crippen LogP contribution is 2.41. The van der Waals surface area contributed by atoms with Gasteiger partial charge in [-0.15, -0.1) is 0 Å². The quantitative estimate of drug-likeness (QED) is 0.616. The number of halogens is 1. The number of hydrogen-bond acceptors (Lipinski definition) is 0. The van der Waals surface area contributed by atoms with E-state index in [1.54, 1.807) is 0 Å². The van der Waals surface area contributed by atoms with E-state index < -0.39 is 0 Å². The van der Waals surface area contributed by atoms with Gasteiger partial charge >= 0.3 is 0 Å². The maximum Gasteiger partial charge on any atom is 0.0292 e. The number of unbranched alkanes of at least 4 members (excludes halogenated alkanes) is 1. The third-order valence-electron chi connectivity index (χ3n) is 4.27. The van der Waals surface area contributed by atoms with Crippen LogP contribution in [0.2, 0.25) is 0 Å². The highest BCUT2D eigenvalue weighted by molar-refractivity contribution is 9.10. The van der Waals surface area contributed by atoms with Crippen molar-refractivity contribution in [2.45, 2.75) is 39.0 Å². The molecule has 1 atom stereocenters. The molecule has 1 aliphatic rings. The van der Waals surface area contributed by atoms with Gasteiger partial charge in [0.2, 0.25) is 0 Å². The van der Waals surface area contributed by atoms with Gasteiger partial charge in [0.05, 0.1) is 0 Å². The fraction of sp³-hybridized carbons (Fsp3) is 0.300. The van der Waals surface area contributed by atoms with E-state index in [1.807, 2.05) is 0 Å². The SMILES string of the molecule is CCCCc1ccccc1C1C=Cc2cc(C)cc(Br)c21. The molecule has 0 saturated carbocycles. The Balaban J connectivity index is 2.04. The van der Waals surface area contributed by atoms with Crippen LogP contribution in [0.4, 0.5) is 0 Å². The van der Waals surface area contributed by atoms with Crippen molar-refractivity contribution in [2.75, 3.05) is 0 Å². The molecule has 1 aliphatic carbocycles. The molecule has 2 aromatic rings. The van der Waals surface area contributed by atoms with E-state index in [4.69, 9.17) is 0 Å². The van der Waals surface area contributed by atoms with Crippen molar-refractivity contribution in [3.05, 3.63) is 74.8 Å². The zero-order valence-corrected chi connectivity index (χ0v) is 14.3. The smallest absolute Gasteiger partial charge is 0.0292 e. The molecule has 0 bridgehead atoms. The van der Waals surface area contributed by atoms with Crippen molar-refractivity contribution in [2.24, 2.45) is 0 Å². The molecule has 0 saturated heterocycles. The fourth-order valence-corrected chi connectivity index (χ4v) is 4.07. The fourth-order valence-electron chi connectivity index (χ4n) is 3.23. The summed E-state index contributed by atoms with van der Waals surface area (Å²) in [6.07, 6.45) is 8.30. The molecule has 0 nitrogen and oxygen atoms in total. The van der Waals surface area contributed by atoms with Gasteiger partial charge in [0.15, 0.2) is 0 Å². The minimum atomic E-state index is 0.392. The van der Waals surface area contributed by atoms with Crippen LogP contribution in [0.5, 0.6) is 0 Å². The average molecular weight is 341 g/mol. The Hall–Kier alpha value is -1.34. The largest absolute Gasteiger partial charge is 0.0720 e. The lowest BCUT2D eigenvalue weighted by molar-refractivity contribution is 0.784. The second-order valence-electron chi connectivity index (χ2n) is 5.89. The molecule has 0 heterocycles. The van der Waals surface area contributed by atoms with E-state index in [0.29, 0.717) is 5.92 Å². The van der Waals surface area contributed by atoms with Crippen LogP contribution < -0.4 is 0 Å². The molecule has 3 rings (SSSR count). The second-order valence-corrected chi connectivity index (χ2v) is 6.74. The van der Waals surface area contributed by atoms with Crippen molar-refractivity contribution in [1.82, 2.24) is 0 Å². The molecule has 0 amide bonds. The monoisotopic (exact) mass is 340 g/mol. The third-order valence-corrected chi connectivity index (χ3v) is 4.93. The summed E-state index contributed by atoms with van der Waals surface area (Å²) in [7, 11) is 0. The lowest BCUT2D eigenvalue weighted by Gasteiger charge is -2.18. The van der Waals surface area contributed by atoms with Crippen LogP contribution in [0, 0.1) is 6.92 Å². The Kier molecular flexibility index (Phi) is 4.30. The number of rotatable bonds is 4. The van der Waals surface area contributed by atoms with E-state index in [-0.39, 0.29) is 0 Å². The Morgan fingerprint density at radius 2 is 1.95 bits per heavy atom. The van der Waals surface area contributed by atoms with E-state index in [2.05, 4.69) is 78.3 Å². The summed E-state index contributed by atoms with van der Waals surface area (Å²) in [5, 5.41) is 0. The molecule has 1 heteroatoms. The number of aryl methyl sites for hydroxylation is 2. The van der Waals surface area contributed by atoms with Crippen molar-refractivity contribution in [3.63, 3.8) is 0 Å². The summed E-state index contributed by atoms with van der Waals surface area (Å²) in [6, 6.07) is 13.4. The summed E-state index contributed by atoms with van der Waals surface area (Å²) in [5.41, 5.74) is 7.05. The Morgan fingerprint density at radius 1 is 1.14 bits per heavy atom. The number of allylic oxidation sites excluding steroid dienone is 1. The van der Waals surface area contributed by atoms with E-state index in [9.17, 15) is 0 Å². The molecular weight excluding hydrogens is 320 g/mol. The first-order chi connectivity index (χ1) is 10.2. The lowest BCUT2D eigenvalue weighted by atomic mass is 9.88. The van der Waals surface area contributed by atoms with Crippen LogP contribution in [0.25, 0.3) is 6.08 Å². The van der Waals surface area contributed by atoms with E-state index in [1.165, 1.54) is 51.6 Å². The highest BCUT2D eigenvalue weighted by Gasteiger charge is 2.23.